The van der Waals surface area contributed by atoms with Gasteiger partial charge in [-0.2, -0.15) is 0 Å². The number of allylic oxidation sites excluding steroid dienone is 1. The third-order valence-corrected chi connectivity index (χ3v) is 5.52. The highest BCUT2D eigenvalue weighted by atomic mass is 16.6. The molecule has 1 aliphatic carbocycles. The molecule has 118 valence electrons. The molecule has 0 aromatic rings. The largest absolute Gasteiger partial charge is 0.487 e. The fraction of sp³-hybridized carbons (Fsp3) is 0.556. The molecule has 0 aromatic heterocycles. The maximum Gasteiger partial charge on any atom is 0.346 e. The standard InChI is InChI=1S/C18H22O4/c1-7-17(5)14-13(15(19)21-16(14)20)12(9(2)3)11-8-10(4)22-18(11,17)6/h8-9H,7H2,1-6H3. The number of carbonyl (C=O) groups is 2. The number of rotatable bonds is 2. The van der Waals surface area contributed by atoms with Gasteiger partial charge in [-0.3, -0.25) is 0 Å². The highest BCUT2D eigenvalue weighted by Gasteiger charge is 2.62. The number of hydrogen-bond acceptors (Lipinski definition) is 4. The predicted octanol–water partition coefficient (Wildman–Crippen LogP) is 3.44. The summed E-state index contributed by atoms with van der Waals surface area (Å²) >= 11 is 0. The Morgan fingerprint density at radius 1 is 1.18 bits per heavy atom. The second-order valence-corrected chi connectivity index (χ2v) is 6.98. The van der Waals surface area contributed by atoms with Crippen LogP contribution in [0.5, 0.6) is 0 Å². The highest BCUT2D eigenvalue weighted by Crippen LogP contribution is 2.60. The SMILES string of the molecule is CCC1(C)C2=C(C(=O)OC2=O)C(C(C)C)=C2C=C(C)OC21C. The molecule has 0 fully saturated rings. The smallest absolute Gasteiger partial charge is 0.346 e. The lowest BCUT2D eigenvalue weighted by molar-refractivity contribution is -0.152. The zero-order valence-corrected chi connectivity index (χ0v) is 14.0. The van der Waals surface area contributed by atoms with Crippen molar-refractivity contribution in [2.75, 3.05) is 0 Å². The van der Waals surface area contributed by atoms with E-state index in [0.717, 1.165) is 16.9 Å². The molecule has 22 heavy (non-hydrogen) atoms. The van der Waals surface area contributed by atoms with Crippen LogP contribution in [0.3, 0.4) is 0 Å². The Hall–Kier alpha value is -1.84. The van der Waals surface area contributed by atoms with Crippen LogP contribution in [-0.2, 0) is 19.1 Å². The van der Waals surface area contributed by atoms with Gasteiger partial charge in [0.15, 0.2) is 0 Å². The number of esters is 2. The molecule has 2 heterocycles. The molecule has 2 unspecified atom stereocenters. The first kappa shape index (κ1) is 15.1. The van der Waals surface area contributed by atoms with E-state index in [0.29, 0.717) is 17.6 Å². The summed E-state index contributed by atoms with van der Waals surface area (Å²) < 4.78 is 11.1. The molecule has 0 amide bonds. The zero-order valence-electron chi connectivity index (χ0n) is 14.0. The quantitative estimate of drug-likeness (QED) is 0.579. The van der Waals surface area contributed by atoms with Gasteiger partial charge in [-0.1, -0.05) is 27.7 Å². The number of ether oxygens (including phenoxy) is 2. The Balaban J connectivity index is 2.42. The lowest BCUT2D eigenvalue weighted by Gasteiger charge is -2.47. The summed E-state index contributed by atoms with van der Waals surface area (Å²) in [6, 6.07) is 0. The monoisotopic (exact) mass is 302 g/mol. The van der Waals surface area contributed by atoms with E-state index in [1.54, 1.807) is 0 Å². The molecule has 0 radical (unpaired) electrons. The van der Waals surface area contributed by atoms with Crippen molar-refractivity contribution in [3.05, 3.63) is 34.1 Å². The molecule has 2 atom stereocenters. The van der Waals surface area contributed by atoms with Gasteiger partial charge >= 0.3 is 11.9 Å². The fourth-order valence-corrected chi connectivity index (χ4v) is 4.12. The summed E-state index contributed by atoms with van der Waals surface area (Å²) in [4.78, 5) is 24.7. The van der Waals surface area contributed by atoms with Crippen molar-refractivity contribution in [2.45, 2.75) is 53.6 Å². The highest BCUT2D eigenvalue weighted by molar-refractivity contribution is 6.16. The summed E-state index contributed by atoms with van der Waals surface area (Å²) in [5, 5.41) is 0. The van der Waals surface area contributed by atoms with Crippen molar-refractivity contribution in [3.63, 3.8) is 0 Å². The molecule has 0 spiro atoms. The Morgan fingerprint density at radius 3 is 2.36 bits per heavy atom. The maximum absolute atomic E-state index is 12.4. The molecule has 3 rings (SSSR count). The Kier molecular flexibility index (Phi) is 2.97. The predicted molar refractivity (Wildman–Crippen MR) is 81.6 cm³/mol. The van der Waals surface area contributed by atoms with E-state index in [2.05, 4.69) is 0 Å². The van der Waals surface area contributed by atoms with E-state index < -0.39 is 23.0 Å². The van der Waals surface area contributed by atoms with Gasteiger partial charge in [0.2, 0.25) is 0 Å². The van der Waals surface area contributed by atoms with Gasteiger partial charge in [-0.25, -0.2) is 9.59 Å². The third-order valence-electron chi connectivity index (χ3n) is 5.52. The van der Waals surface area contributed by atoms with Crippen LogP contribution in [0.15, 0.2) is 34.1 Å². The van der Waals surface area contributed by atoms with Crippen molar-refractivity contribution in [2.24, 2.45) is 11.3 Å². The lowest BCUT2D eigenvalue weighted by atomic mass is 9.58. The number of carbonyl (C=O) groups excluding carboxylic acids is 2. The van der Waals surface area contributed by atoms with Gasteiger partial charge in [0.25, 0.3) is 0 Å². The third kappa shape index (κ3) is 1.53. The average molecular weight is 302 g/mol. The van der Waals surface area contributed by atoms with Crippen LogP contribution in [-0.4, -0.2) is 17.5 Å². The summed E-state index contributed by atoms with van der Waals surface area (Å²) in [5.74, 6) is -0.117. The zero-order chi connectivity index (χ0) is 16.4. The second kappa shape index (κ2) is 4.34. The Labute approximate surface area is 130 Å². The molecule has 0 aromatic carbocycles. The summed E-state index contributed by atoms with van der Waals surface area (Å²) in [6.45, 7) is 12.0. The van der Waals surface area contributed by atoms with Crippen molar-refractivity contribution in [3.8, 4) is 0 Å². The molecule has 4 nitrogen and oxygen atoms in total. The first-order chi connectivity index (χ1) is 10.2. The van der Waals surface area contributed by atoms with Gasteiger partial charge < -0.3 is 9.47 Å². The van der Waals surface area contributed by atoms with Crippen LogP contribution >= 0.6 is 0 Å². The molecule has 0 bridgehead atoms. The van der Waals surface area contributed by atoms with Crippen molar-refractivity contribution >= 4 is 11.9 Å². The summed E-state index contributed by atoms with van der Waals surface area (Å²) in [5.41, 5.74) is 1.61. The molecular formula is C18H22O4. The second-order valence-electron chi connectivity index (χ2n) is 6.98. The number of hydrogen-bond donors (Lipinski definition) is 0. The van der Waals surface area contributed by atoms with Gasteiger partial charge in [0.05, 0.1) is 16.9 Å². The summed E-state index contributed by atoms with van der Waals surface area (Å²) in [7, 11) is 0. The van der Waals surface area contributed by atoms with Crippen LogP contribution in [0.4, 0.5) is 0 Å². The average Bonchev–Trinajstić information content (AvgIpc) is 2.88. The Morgan fingerprint density at radius 2 is 1.82 bits per heavy atom. The van der Waals surface area contributed by atoms with Gasteiger partial charge in [0.1, 0.15) is 5.60 Å². The molecule has 3 aliphatic rings. The molecule has 0 N–H and O–H groups in total. The lowest BCUT2D eigenvalue weighted by Crippen LogP contribution is -2.50. The minimum absolute atomic E-state index is 0.102. The molecule has 2 aliphatic heterocycles. The normalized spacial score (nSPS) is 33.9. The van der Waals surface area contributed by atoms with Crippen LogP contribution in [0.2, 0.25) is 0 Å². The minimum atomic E-state index is -0.645. The van der Waals surface area contributed by atoms with Gasteiger partial charge in [-0.05, 0) is 37.8 Å². The summed E-state index contributed by atoms with van der Waals surface area (Å²) in [6.07, 6.45) is 2.68. The number of cyclic esters (lactones) is 2. The van der Waals surface area contributed by atoms with Gasteiger partial charge in [0, 0.05) is 11.0 Å². The molecular weight excluding hydrogens is 280 g/mol. The first-order valence-electron chi connectivity index (χ1n) is 7.81. The molecule has 0 saturated carbocycles. The van der Waals surface area contributed by atoms with E-state index in [-0.39, 0.29) is 5.92 Å². The fourth-order valence-electron chi connectivity index (χ4n) is 4.12. The van der Waals surface area contributed by atoms with Crippen LogP contribution in [0.1, 0.15) is 48.0 Å². The van der Waals surface area contributed by atoms with Crippen molar-refractivity contribution in [1.29, 1.82) is 0 Å². The van der Waals surface area contributed by atoms with Crippen LogP contribution in [0, 0.1) is 11.3 Å². The van der Waals surface area contributed by atoms with Gasteiger partial charge in [-0.15, -0.1) is 0 Å². The maximum atomic E-state index is 12.4. The molecule has 4 heteroatoms. The number of fused-ring (bicyclic) bond motifs is 1. The van der Waals surface area contributed by atoms with E-state index in [9.17, 15) is 9.59 Å². The van der Waals surface area contributed by atoms with Crippen molar-refractivity contribution < 1.29 is 19.1 Å². The minimum Gasteiger partial charge on any atom is -0.487 e. The topological polar surface area (TPSA) is 52.6 Å². The Bertz CT molecular complexity index is 692. The van der Waals surface area contributed by atoms with E-state index >= 15 is 0 Å². The van der Waals surface area contributed by atoms with Crippen LogP contribution in [0.25, 0.3) is 0 Å². The van der Waals surface area contributed by atoms with E-state index in [4.69, 9.17) is 9.47 Å². The van der Waals surface area contributed by atoms with Crippen molar-refractivity contribution in [1.82, 2.24) is 0 Å². The first-order valence-corrected chi connectivity index (χ1v) is 7.81. The van der Waals surface area contributed by atoms with E-state index in [1.165, 1.54) is 0 Å². The molecule has 0 saturated heterocycles. The van der Waals surface area contributed by atoms with E-state index in [1.807, 2.05) is 47.6 Å². The van der Waals surface area contributed by atoms with Crippen LogP contribution < -0.4 is 0 Å².